The molecule has 4 nitrogen and oxygen atoms in total. The zero-order valence-electron chi connectivity index (χ0n) is 12.0. The van der Waals surface area contributed by atoms with Gasteiger partial charge in [-0.15, -0.1) is 0 Å². The second kappa shape index (κ2) is 5.21. The fourth-order valence-electron chi connectivity index (χ4n) is 2.59. The molecule has 1 aromatic carbocycles. The Balaban J connectivity index is 2.21. The third-order valence-electron chi connectivity index (χ3n) is 4.13. The molecule has 0 spiro atoms. The first-order chi connectivity index (χ1) is 9.54. The second-order valence-electron chi connectivity index (χ2n) is 5.63. The molecular weight excluding hydrogens is 302 g/mol. The number of hydrogen-bond acceptors (Lipinski definition) is 3. The van der Waals surface area contributed by atoms with Crippen LogP contribution >= 0.6 is 0 Å². The summed E-state index contributed by atoms with van der Waals surface area (Å²) in [6, 6.07) is 5.02. The van der Waals surface area contributed by atoms with Gasteiger partial charge in [-0.2, -0.15) is 17.2 Å². The Bertz CT molecular complexity index is 642. The Kier molecular flexibility index (Phi) is 4.01. The number of fused-ring (bicyclic) bond motifs is 1. The second-order valence-corrected chi connectivity index (χ2v) is 7.12. The smallest absolute Gasteiger partial charge is 0.405 e. The number of ether oxygens (including phenoxy) is 1. The molecule has 3 atom stereocenters. The number of hydrogen-bond donors (Lipinski definition) is 1. The molecule has 21 heavy (non-hydrogen) atoms. The number of rotatable bonds is 4. The maximum atomic E-state index is 13.4. The molecule has 1 aromatic rings. The van der Waals surface area contributed by atoms with Crippen molar-refractivity contribution in [3.05, 3.63) is 29.3 Å². The molecule has 7 heteroatoms. The average molecular weight is 320 g/mol. The molecule has 0 fully saturated rings. The molecule has 0 saturated carbocycles. The van der Waals surface area contributed by atoms with E-state index in [4.69, 9.17) is 9.29 Å². The van der Waals surface area contributed by atoms with Gasteiger partial charge in [-0.1, -0.05) is 19.9 Å². The van der Waals surface area contributed by atoms with Crippen LogP contribution in [-0.2, 0) is 16.5 Å². The first-order valence-corrected chi connectivity index (χ1v) is 8.12. The van der Waals surface area contributed by atoms with E-state index < -0.39 is 21.5 Å². The minimum atomic E-state index is -5.51. The van der Waals surface area contributed by atoms with Gasteiger partial charge in [0, 0.05) is 0 Å². The Hall–Kier alpha value is -1.21. The molecule has 1 aliphatic rings. The summed E-state index contributed by atoms with van der Waals surface area (Å²) in [5.74, 6) is 1.03. The van der Waals surface area contributed by atoms with E-state index in [-0.39, 0.29) is 5.75 Å². The van der Waals surface area contributed by atoms with E-state index >= 15 is 0 Å². The van der Waals surface area contributed by atoms with Crippen molar-refractivity contribution in [3.63, 3.8) is 0 Å². The van der Waals surface area contributed by atoms with Crippen molar-refractivity contribution in [2.75, 3.05) is 0 Å². The van der Waals surface area contributed by atoms with Gasteiger partial charge in [-0.3, -0.25) is 4.55 Å². The van der Waals surface area contributed by atoms with Crippen molar-refractivity contribution < 1.29 is 26.5 Å². The van der Waals surface area contributed by atoms with Gasteiger partial charge in [0.1, 0.15) is 5.75 Å². The van der Waals surface area contributed by atoms with Crippen LogP contribution < -0.4 is 4.74 Å². The maximum absolute atomic E-state index is 13.4. The lowest BCUT2D eigenvalue weighted by Gasteiger charge is -2.22. The van der Waals surface area contributed by atoms with Gasteiger partial charge in [0.2, 0.25) is 0 Å². The summed E-state index contributed by atoms with van der Waals surface area (Å²) < 4.78 is 61.8. The fraction of sp³-hybridized carbons (Fsp3) is 0.571. The lowest BCUT2D eigenvalue weighted by molar-refractivity contribution is -0.0236. The Morgan fingerprint density at radius 2 is 2.00 bits per heavy atom. The largest absolute Gasteiger partial charge is 0.483 e. The summed E-state index contributed by atoms with van der Waals surface area (Å²) in [6.07, 6.45) is -1.15. The van der Waals surface area contributed by atoms with Crippen molar-refractivity contribution in [1.82, 2.24) is 0 Å². The molecule has 0 saturated heterocycles. The highest BCUT2D eigenvalue weighted by molar-refractivity contribution is 7.86. The number of benzene rings is 1. The normalized spacial score (nSPS) is 23.7. The Labute approximate surface area is 122 Å². The topological polar surface area (TPSA) is 63.6 Å². The summed E-state index contributed by atoms with van der Waals surface area (Å²) in [5, 5.41) is -4.35. The molecule has 0 heterocycles. The molecule has 0 aliphatic heterocycles. The zero-order chi connectivity index (χ0) is 16.0. The predicted octanol–water partition coefficient (Wildman–Crippen LogP) is 3.23. The lowest BCUT2D eigenvalue weighted by atomic mass is 9.97. The molecule has 0 bridgehead atoms. The van der Waals surface area contributed by atoms with Gasteiger partial charge in [-0.05, 0) is 48.4 Å². The van der Waals surface area contributed by atoms with E-state index in [0.29, 0.717) is 11.8 Å². The van der Waals surface area contributed by atoms with Crippen LogP contribution in [0.2, 0.25) is 0 Å². The van der Waals surface area contributed by atoms with E-state index in [1.54, 1.807) is 12.1 Å². The van der Waals surface area contributed by atoms with Crippen molar-refractivity contribution in [2.24, 2.45) is 5.92 Å². The van der Waals surface area contributed by atoms with Crippen LogP contribution in [-0.4, -0.2) is 24.3 Å². The molecule has 2 rings (SSSR count). The average Bonchev–Trinajstić information content (AvgIpc) is 2.63. The SMILES string of the molecule is CC1Cc2cc(OC(C)C(F)(F)S(=O)(=O)O)ccc2C1C. The van der Waals surface area contributed by atoms with Gasteiger partial charge >= 0.3 is 15.4 Å². The van der Waals surface area contributed by atoms with Crippen LogP contribution in [0.15, 0.2) is 18.2 Å². The highest BCUT2D eigenvalue weighted by Gasteiger charge is 2.51. The van der Waals surface area contributed by atoms with Gasteiger partial charge in [0.25, 0.3) is 0 Å². The highest BCUT2D eigenvalue weighted by Crippen LogP contribution is 2.39. The van der Waals surface area contributed by atoms with Crippen LogP contribution in [0.5, 0.6) is 5.75 Å². The standard InChI is InChI=1S/C14H18F2O4S/c1-8-6-11-7-12(4-5-13(11)9(8)2)20-10(3)14(15,16)21(17,18)19/h4-5,7-10H,6H2,1-3H3,(H,17,18,19). The third-order valence-corrected chi connectivity index (χ3v) is 5.15. The zero-order valence-corrected chi connectivity index (χ0v) is 12.8. The first kappa shape index (κ1) is 16.2. The quantitative estimate of drug-likeness (QED) is 0.865. The number of alkyl halides is 2. The van der Waals surface area contributed by atoms with E-state index in [2.05, 4.69) is 13.8 Å². The summed E-state index contributed by atoms with van der Waals surface area (Å²) in [4.78, 5) is 0. The summed E-state index contributed by atoms with van der Waals surface area (Å²) in [7, 11) is -5.51. The molecule has 3 unspecified atom stereocenters. The minimum absolute atomic E-state index is 0.172. The van der Waals surface area contributed by atoms with Crippen molar-refractivity contribution >= 4 is 10.1 Å². The van der Waals surface area contributed by atoms with Crippen molar-refractivity contribution in [1.29, 1.82) is 0 Å². The lowest BCUT2D eigenvalue weighted by Crippen LogP contribution is -2.42. The monoisotopic (exact) mass is 320 g/mol. The van der Waals surface area contributed by atoms with Crippen LogP contribution in [0, 0.1) is 5.92 Å². The molecule has 0 amide bonds. The Morgan fingerprint density at radius 3 is 2.57 bits per heavy atom. The molecule has 1 aliphatic carbocycles. The van der Waals surface area contributed by atoms with Gasteiger partial charge < -0.3 is 4.74 Å². The van der Waals surface area contributed by atoms with Crippen LogP contribution in [0.4, 0.5) is 8.78 Å². The van der Waals surface area contributed by atoms with E-state index in [9.17, 15) is 17.2 Å². The van der Waals surface area contributed by atoms with Gasteiger partial charge in [0.15, 0.2) is 6.10 Å². The van der Waals surface area contributed by atoms with Gasteiger partial charge in [-0.25, -0.2) is 0 Å². The Morgan fingerprint density at radius 1 is 1.38 bits per heavy atom. The summed E-state index contributed by atoms with van der Waals surface area (Å²) in [5.41, 5.74) is 2.18. The van der Waals surface area contributed by atoms with E-state index in [1.807, 2.05) is 6.07 Å². The van der Waals surface area contributed by atoms with Crippen LogP contribution in [0.1, 0.15) is 37.8 Å². The van der Waals surface area contributed by atoms with Crippen LogP contribution in [0.25, 0.3) is 0 Å². The highest BCUT2D eigenvalue weighted by atomic mass is 32.2. The molecule has 118 valence electrons. The van der Waals surface area contributed by atoms with Gasteiger partial charge in [0.05, 0.1) is 0 Å². The van der Waals surface area contributed by atoms with E-state index in [1.165, 1.54) is 0 Å². The maximum Gasteiger partial charge on any atom is 0.405 e. The molecule has 0 aromatic heterocycles. The summed E-state index contributed by atoms with van der Waals surface area (Å²) >= 11 is 0. The molecule has 1 N–H and O–H groups in total. The number of halogens is 2. The first-order valence-electron chi connectivity index (χ1n) is 6.68. The minimum Gasteiger partial charge on any atom is -0.483 e. The van der Waals surface area contributed by atoms with Crippen LogP contribution in [0.3, 0.4) is 0 Å². The fourth-order valence-corrected chi connectivity index (χ4v) is 3.06. The molecular formula is C14H18F2O4S. The van der Waals surface area contributed by atoms with E-state index in [0.717, 1.165) is 24.5 Å². The third kappa shape index (κ3) is 2.89. The predicted molar refractivity (Wildman–Crippen MR) is 74.3 cm³/mol. The van der Waals surface area contributed by atoms with Crippen molar-refractivity contribution in [2.45, 2.75) is 44.5 Å². The molecule has 0 radical (unpaired) electrons. The summed E-state index contributed by atoms with van der Waals surface area (Å²) in [6.45, 7) is 5.12. The van der Waals surface area contributed by atoms with Crippen molar-refractivity contribution in [3.8, 4) is 5.75 Å².